The van der Waals surface area contributed by atoms with Crippen LogP contribution < -0.4 is 5.73 Å². The quantitative estimate of drug-likeness (QED) is 0.542. The number of nitriles is 1. The molecule has 0 fully saturated rings. The van der Waals surface area contributed by atoms with Crippen LogP contribution in [0, 0.1) is 31.6 Å². The fourth-order valence-electron chi connectivity index (χ4n) is 2.64. The molecule has 9 heteroatoms. The summed E-state index contributed by atoms with van der Waals surface area (Å²) in [6, 6.07) is 13.5. The number of anilines is 1. The number of nitrogens with two attached hydrogens (primary N) is 1. The number of non-ortho nitro benzene ring substituents is 2. The molecule has 1 heterocycles. The number of nitrogens with zero attached hydrogens (tertiary/aromatic N) is 3. The van der Waals surface area contributed by atoms with E-state index in [9.17, 15) is 25.5 Å². The number of nitro groups is 2. The van der Waals surface area contributed by atoms with Gasteiger partial charge in [-0.2, -0.15) is 5.26 Å². The predicted octanol–water partition coefficient (Wildman–Crippen LogP) is 3.62. The van der Waals surface area contributed by atoms with Crippen LogP contribution in [0.3, 0.4) is 0 Å². The van der Waals surface area contributed by atoms with Crippen LogP contribution in [0.4, 0.5) is 17.2 Å². The predicted molar refractivity (Wildman–Crippen MR) is 94.1 cm³/mol. The van der Waals surface area contributed by atoms with Crippen molar-refractivity contribution >= 4 is 17.2 Å². The number of aromatic nitrogens is 1. The maximum absolute atomic E-state index is 10.8. The number of nitro benzene ring substituents is 2. The molecular formula is C17H11N5O4. The molecule has 3 N–H and O–H groups in total. The standard InChI is InChI=1S/C17H11N5O4/c18-9-14-15(10-1-5-12(6-2-10)21(23)24)16(20-17(14)19)11-3-7-13(8-4-11)22(25)26/h1-8,20H,19H2. The normalized spacial score (nSPS) is 10.3. The van der Waals surface area contributed by atoms with Crippen molar-refractivity contribution in [1.29, 1.82) is 5.26 Å². The summed E-state index contributed by atoms with van der Waals surface area (Å²) in [7, 11) is 0. The molecule has 2 aromatic carbocycles. The molecule has 1 aromatic heterocycles. The molecule has 0 aliphatic rings. The van der Waals surface area contributed by atoms with Crippen molar-refractivity contribution in [1.82, 2.24) is 4.98 Å². The van der Waals surface area contributed by atoms with Gasteiger partial charge in [0, 0.05) is 29.8 Å². The summed E-state index contributed by atoms with van der Waals surface area (Å²) in [5.74, 6) is 0.147. The monoisotopic (exact) mass is 349 g/mol. The molecule has 128 valence electrons. The second-order valence-corrected chi connectivity index (χ2v) is 5.38. The van der Waals surface area contributed by atoms with Crippen molar-refractivity contribution in [2.75, 3.05) is 5.73 Å². The van der Waals surface area contributed by atoms with Crippen molar-refractivity contribution < 1.29 is 9.85 Å². The minimum Gasteiger partial charge on any atom is -0.384 e. The van der Waals surface area contributed by atoms with Gasteiger partial charge in [-0.05, 0) is 35.4 Å². The number of nitrogen functional groups attached to an aromatic ring is 1. The molecular weight excluding hydrogens is 338 g/mol. The minimum absolute atomic E-state index is 0.0642. The van der Waals surface area contributed by atoms with Gasteiger partial charge in [0.15, 0.2) is 0 Å². The summed E-state index contributed by atoms with van der Waals surface area (Å²) in [6.07, 6.45) is 0. The van der Waals surface area contributed by atoms with Crippen molar-refractivity contribution in [3.8, 4) is 28.5 Å². The lowest BCUT2D eigenvalue weighted by Crippen LogP contribution is -1.90. The van der Waals surface area contributed by atoms with Crippen molar-refractivity contribution in [2.45, 2.75) is 0 Å². The van der Waals surface area contributed by atoms with Gasteiger partial charge >= 0.3 is 0 Å². The third-order valence-electron chi connectivity index (χ3n) is 3.87. The van der Waals surface area contributed by atoms with E-state index in [0.717, 1.165) is 0 Å². The molecule has 0 aliphatic heterocycles. The molecule has 0 unspecified atom stereocenters. The Kier molecular flexibility index (Phi) is 4.08. The molecule has 0 saturated heterocycles. The Morgan fingerprint density at radius 3 is 1.77 bits per heavy atom. The highest BCUT2D eigenvalue weighted by molar-refractivity contribution is 5.90. The minimum atomic E-state index is -0.516. The topological polar surface area (TPSA) is 152 Å². The SMILES string of the molecule is N#Cc1c(N)[nH]c(-c2ccc([N+](=O)[O-])cc2)c1-c1ccc([N+](=O)[O-])cc1. The summed E-state index contributed by atoms with van der Waals surface area (Å²) in [5, 5.41) is 31.1. The molecule has 0 saturated carbocycles. The van der Waals surface area contributed by atoms with E-state index in [4.69, 9.17) is 5.73 Å². The van der Waals surface area contributed by atoms with E-state index in [1.54, 1.807) is 12.1 Å². The fraction of sp³-hybridized carbons (Fsp3) is 0. The van der Waals surface area contributed by atoms with E-state index < -0.39 is 9.85 Å². The average Bonchev–Trinajstić information content (AvgIpc) is 2.98. The van der Waals surface area contributed by atoms with Gasteiger partial charge in [0.2, 0.25) is 0 Å². The first-order valence-electron chi connectivity index (χ1n) is 7.33. The first-order valence-corrected chi connectivity index (χ1v) is 7.33. The van der Waals surface area contributed by atoms with E-state index in [2.05, 4.69) is 4.98 Å². The van der Waals surface area contributed by atoms with Crippen molar-refractivity contribution in [3.63, 3.8) is 0 Å². The van der Waals surface area contributed by atoms with Gasteiger partial charge in [0.25, 0.3) is 11.4 Å². The van der Waals surface area contributed by atoms with Gasteiger partial charge in [0.1, 0.15) is 17.5 Å². The Balaban J connectivity index is 2.17. The number of hydrogen-bond acceptors (Lipinski definition) is 6. The molecule has 26 heavy (non-hydrogen) atoms. The Morgan fingerprint density at radius 2 is 1.35 bits per heavy atom. The van der Waals surface area contributed by atoms with Crippen molar-refractivity contribution in [3.05, 3.63) is 74.3 Å². The molecule has 3 rings (SSSR count). The third-order valence-corrected chi connectivity index (χ3v) is 3.87. The summed E-state index contributed by atoms with van der Waals surface area (Å²) < 4.78 is 0. The molecule has 0 atom stereocenters. The zero-order valence-corrected chi connectivity index (χ0v) is 13.2. The van der Waals surface area contributed by atoms with E-state index >= 15 is 0 Å². The number of benzene rings is 2. The number of aromatic amines is 1. The number of nitrogens with one attached hydrogen (secondary N) is 1. The Hall–Kier alpha value is -4.19. The lowest BCUT2D eigenvalue weighted by Gasteiger charge is -2.05. The summed E-state index contributed by atoms with van der Waals surface area (Å²) >= 11 is 0. The summed E-state index contributed by atoms with van der Waals surface area (Å²) in [6.45, 7) is 0. The largest absolute Gasteiger partial charge is 0.384 e. The van der Waals surface area contributed by atoms with E-state index in [1.165, 1.54) is 36.4 Å². The van der Waals surface area contributed by atoms with Gasteiger partial charge in [-0.15, -0.1) is 0 Å². The van der Waals surface area contributed by atoms with Crippen LogP contribution in [0.5, 0.6) is 0 Å². The Labute approximate surface area is 146 Å². The summed E-state index contributed by atoms with van der Waals surface area (Å²) in [5.41, 5.74) is 8.09. The zero-order valence-electron chi connectivity index (χ0n) is 13.2. The van der Waals surface area contributed by atoms with Crippen LogP contribution in [0.1, 0.15) is 5.56 Å². The van der Waals surface area contributed by atoms with Crippen LogP contribution in [0.2, 0.25) is 0 Å². The van der Waals surface area contributed by atoms with Gasteiger partial charge in [-0.1, -0.05) is 0 Å². The Morgan fingerprint density at radius 1 is 0.885 bits per heavy atom. The highest BCUT2D eigenvalue weighted by Gasteiger charge is 2.20. The smallest absolute Gasteiger partial charge is 0.269 e. The Bertz CT molecular complexity index is 1050. The van der Waals surface area contributed by atoms with E-state index in [-0.39, 0.29) is 22.8 Å². The van der Waals surface area contributed by atoms with E-state index in [1.807, 2.05) is 6.07 Å². The highest BCUT2D eigenvalue weighted by Crippen LogP contribution is 2.38. The van der Waals surface area contributed by atoms with Crippen LogP contribution >= 0.6 is 0 Å². The maximum atomic E-state index is 10.8. The zero-order chi connectivity index (χ0) is 18.8. The van der Waals surface area contributed by atoms with Gasteiger partial charge in [-0.25, -0.2) is 0 Å². The second kappa shape index (κ2) is 6.37. The van der Waals surface area contributed by atoms with Crippen LogP contribution in [-0.2, 0) is 0 Å². The lowest BCUT2D eigenvalue weighted by molar-refractivity contribution is -0.385. The van der Waals surface area contributed by atoms with Gasteiger partial charge in [0.05, 0.1) is 15.5 Å². The maximum Gasteiger partial charge on any atom is 0.269 e. The summed E-state index contributed by atoms with van der Waals surface area (Å²) in [4.78, 5) is 23.5. The lowest BCUT2D eigenvalue weighted by atomic mass is 9.97. The van der Waals surface area contributed by atoms with Gasteiger partial charge in [-0.3, -0.25) is 20.2 Å². The van der Waals surface area contributed by atoms with Gasteiger partial charge < -0.3 is 10.7 Å². The second-order valence-electron chi connectivity index (χ2n) is 5.38. The highest BCUT2D eigenvalue weighted by atomic mass is 16.6. The molecule has 0 spiro atoms. The number of H-pyrrole nitrogens is 1. The first kappa shape index (κ1) is 16.7. The number of hydrogen-bond donors (Lipinski definition) is 2. The van der Waals surface area contributed by atoms with Crippen LogP contribution in [0.25, 0.3) is 22.4 Å². The van der Waals surface area contributed by atoms with E-state index in [0.29, 0.717) is 22.4 Å². The molecule has 0 radical (unpaired) electrons. The molecule has 0 aliphatic carbocycles. The van der Waals surface area contributed by atoms with Crippen LogP contribution in [-0.4, -0.2) is 14.8 Å². The number of rotatable bonds is 4. The van der Waals surface area contributed by atoms with Crippen molar-refractivity contribution in [2.24, 2.45) is 0 Å². The fourth-order valence-corrected chi connectivity index (χ4v) is 2.64. The first-order chi connectivity index (χ1) is 12.4. The molecule has 3 aromatic rings. The average molecular weight is 349 g/mol. The molecule has 0 bridgehead atoms. The molecule has 9 nitrogen and oxygen atoms in total. The van der Waals surface area contributed by atoms with Crippen LogP contribution in [0.15, 0.2) is 48.5 Å². The molecule has 0 amide bonds. The third kappa shape index (κ3) is 2.83.